The monoisotopic (exact) mass is 214 g/mol. The number of ether oxygens (including phenoxy) is 1. The number of esters is 1. The van der Waals surface area contributed by atoms with Crippen molar-refractivity contribution < 1.29 is 9.53 Å². The maximum Gasteiger partial charge on any atom is 0.310 e. The topological polar surface area (TPSA) is 65.2 Å². The van der Waals surface area contributed by atoms with Gasteiger partial charge in [0.2, 0.25) is 0 Å². The Bertz CT molecular complexity index is 342. The highest BCUT2D eigenvalue weighted by atomic mass is 35.5. The Morgan fingerprint density at radius 3 is 3.07 bits per heavy atom. The lowest BCUT2D eigenvalue weighted by molar-refractivity contribution is -0.142. The van der Waals surface area contributed by atoms with Crippen molar-refractivity contribution >= 4 is 23.3 Å². The molecular formula is C9H11ClN2O2. The van der Waals surface area contributed by atoms with Crippen LogP contribution in [-0.2, 0) is 16.0 Å². The third-order valence-corrected chi connectivity index (χ3v) is 1.97. The molecule has 0 unspecified atom stereocenters. The first-order valence-corrected chi connectivity index (χ1v) is 4.57. The van der Waals surface area contributed by atoms with Crippen LogP contribution in [0.25, 0.3) is 0 Å². The van der Waals surface area contributed by atoms with E-state index in [1.54, 1.807) is 13.0 Å². The van der Waals surface area contributed by atoms with E-state index >= 15 is 0 Å². The van der Waals surface area contributed by atoms with Gasteiger partial charge in [-0.2, -0.15) is 0 Å². The second-order valence-electron chi connectivity index (χ2n) is 2.66. The van der Waals surface area contributed by atoms with Crippen LogP contribution in [0, 0.1) is 0 Å². The van der Waals surface area contributed by atoms with Crippen LogP contribution in [0.15, 0.2) is 12.3 Å². The van der Waals surface area contributed by atoms with Crippen LogP contribution >= 0.6 is 11.6 Å². The molecule has 0 fully saturated rings. The average molecular weight is 215 g/mol. The lowest BCUT2D eigenvalue weighted by Crippen LogP contribution is -2.09. The first-order valence-electron chi connectivity index (χ1n) is 4.19. The van der Waals surface area contributed by atoms with Gasteiger partial charge in [0.25, 0.3) is 0 Å². The van der Waals surface area contributed by atoms with E-state index in [0.29, 0.717) is 17.9 Å². The second kappa shape index (κ2) is 4.81. The molecular weight excluding hydrogens is 204 g/mol. The molecule has 0 aliphatic rings. The Balaban J connectivity index is 2.76. The Morgan fingerprint density at radius 1 is 1.71 bits per heavy atom. The van der Waals surface area contributed by atoms with E-state index in [9.17, 15) is 4.79 Å². The fraction of sp³-hybridized carbons (Fsp3) is 0.333. The van der Waals surface area contributed by atoms with Crippen LogP contribution in [0.2, 0.25) is 5.15 Å². The minimum absolute atomic E-state index is 0.127. The number of nitrogens with zero attached hydrogens (tertiary/aromatic N) is 1. The Kier molecular flexibility index (Phi) is 3.71. The number of hydrogen-bond acceptors (Lipinski definition) is 4. The van der Waals surface area contributed by atoms with Crippen molar-refractivity contribution in [1.29, 1.82) is 0 Å². The number of pyridine rings is 1. The summed E-state index contributed by atoms with van der Waals surface area (Å²) in [5.74, 6) is -0.318. The predicted octanol–water partition coefficient (Wildman–Crippen LogP) is 1.42. The molecule has 0 atom stereocenters. The molecule has 1 aromatic rings. The normalized spacial score (nSPS) is 9.86. The van der Waals surface area contributed by atoms with Gasteiger partial charge < -0.3 is 10.5 Å². The van der Waals surface area contributed by atoms with Crippen molar-refractivity contribution in [2.24, 2.45) is 0 Å². The zero-order valence-electron chi connectivity index (χ0n) is 7.79. The molecule has 1 heterocycles. The number of aromatic nitrogens is 1. The van der Waals surface area contributed by atoms with Crippen LogP contribution < -0.4 is 5.73 Å². The highest BCUT2D eigenvalue weighted by Gasteiger charge is 2.09. The van der Waals surface area contributed by atoms with Gasteiger partial charge >= 0.3 is 5.97 Å². The summed E-state index contributed by atoms with van der Waals surface area (Å²) >= 11 is 5.69. The van der Waals surface area contributed by atoms with Crippen molar-refractivity contribution in [2.75, 3.05) is 12.3 Å². The summed E-state index contributed by atoms with van der Waals surface area (Å²) in [5, 5.41) is 0.215. The number of carbonyl (C=O) groups is 1. The summed E-state index contributed by atoms with van der Waals surface area (Å²) in [5.41, 5.74) is 6.60. The third kappa shape index (κ3) is 2.60. The van der Waals surface area contributed by atoms with E-state index in [4.69, 9.17) is 22.1 Å². The van der Waals surface area contributed by atoms with E-state index in [2.05, 4.69) is 4.98 Å². The molecule has 0 amide bonds. The fourth-order valence-electron chi connectivity index (χ4n) is 1.01. The standard InChI is InChI=1S/C9H11ClN2O2/c1-2-14-7(13)5-6-3-4-12-9(10)8(6)11/h3-4H,2,5,11H2,1H3. The minimum Gasteiger partial charge on any atom is -0.466 e. The molecule has 0 aromatic carbocycles. The highest BCUT2D eigenvalue weighted by molar-refractivity contribution is 6.32. The molecule has 2 N–H and O–H groups in total. The van der Waals surface area contributed by atoms with Gasteiger partial charge in [0.1, 0.15) is 0 Å². The first-order chi connectivity index (χ1) is 6.65. The summed E-state index contributed by atoms with van der Waals surface area (Å²) in [4.78, 5) is 14.9. The van der Waals surface area contributed by atoms with Gasteiger partial charge in [0.15, 0.2) is 5.15 Å². The molecule has 0 saturated heterocycles. The van der Waals surface area contributed by atoms with Crippen molar-refractivity contribution in [3.8, 4) is 0 Å². The van der Waals surface area contributed by atoms with Gasteiger partial charge in [-0.15, -0.1) is 0 Å². The fourth-order valence-corrected chi connectivity index (χ4v) is 1.18. The van der Waals surface area contributed by atoms with E-state index in [0.717, 1.165) is 0 Å². The maximum atomic E-state index is 11.1. The van der Waals surface area contributed by atoms with E-state index in [1.165, 1.54) is 6.20 Å². The molecule has 5 heteroatoms. The Labute approximate surface area is 87.0 Å². The van der Waals surface area contributed by atoms with Gasteiger partial charge in [0, 0.05) is 6.20 Å². The van der Waals surface area contributed by atoms with Crippen LogP contribution in [0.3, 0.4) is 0 Å². The van der Waals surface area contributed by atoms with Crippen molar-refractivity contribution in [3.63, 3.8) is 0 Å². The van der Waals surface area contributed by atoms with Crippen LogP contribution in [0.1, 0.15) is 12.5 Å². The summed E-state index contributed by atoms with van der Waals surface area (Å²) in [6.07, 6.45) is 1.63. The second-order valence-corrected chi connectivity index (χ2v) is 3.01. The zero-order valence-corrected chi connectivity index (χ0v) is 8.54. The molecule has 0 spiro atoms. The van der Waals surface area contributed by atoms with Crippen molar-refractivity contribution in [2.45, 2.75) is 13.3 Å². The van der Waals surface area contributed by atoms with Gasteiger partial charge in [-0.25, -0.2) is 4.98 Å². The molecule has 0 aliphatic heterocycles. The molecule has 0 aliphatic carbocycles. The number of halogens is 1. The zero-order chi connectivity index (χ0) is 10.6. The third-order valence-electron chi connectivity index (χ3n) is 1.67. The number of nitrogens with two attached hydrogens (primary N) is 1. The largest absolute Gasteiger partial charge is 0.466 e. The SMILES string of the molecule is CCOC(=O)Cc1ccnc(Cl)c1N. The lowest BCUT2D eigenvalue weighted by Gasteiger charge is -2.05. The van der Waals surface area contributed by atoms with Crippen LogP contribution in [0.5, 0.6) is 0 Å². The molecule has 1 rings (SSSR count). The molecule has 4 nitrogen and oxygen atoms in total. The first kappa shape index (κ1) is 10.8. The van der Waals surface area contributed by atoms with E-state index < -0.39 is 0 Å². The molecule has 1 aromatic heterocycles. The number of carbonyl (C=O) groups excluding carboxylic acids is 1. The number of hydrogen-bond donors (Lipinski definition) is 1. The molecule has 0 saturated carbocycles. The summed E-state index contributed by atoms with van der Waals surface area (Å²) in [7, 11) is 0. The summed E-state index contributed by atoms with van der Waals surface area (Å²) < 4.78 is 4.78. The number of anilines is 1. The van der Waals surface area contributed by atoms with Crippen LogP contribution in [0.4, 0.5) is 5.69 Å². The van der Waals surface area contributed by atoms with Gasteiger partial charge in [-0.3, -0.25) is 4.79 Å². The summed E-state index contributed by atoms with van der Waals surface area (Å²) in [6, 6.07) is 1.65. The van der Waals surface area contributed by atoms with E-state index in [1.807, 2.05) is 0 Å². The quantitative estimate of drug-likeness (QED) is 0.611. The van der Waals surface area contributed by atoms with Crippen LogP contribution in [-0.4, -0.2) is 17.6 Å². The Hall–Kier alpha value is -1.29. The molecule has 0 bridgehead atoms. The molecule has 76 valence electrons. The molecule has 14 heavy (non-hydrogen) atoms. The number of rotatable bonds is 3. The van der Waals surface area contributed by atoms with Crippen molar-refractivity contribution in [1.82, 2.24) is 4.98 Å². The lowest BCUT2D eigenvalue weighted by atomic mass is 10.2. The van der Waals surface area contributed by atoms with Gasteiger partial charge in [0.05, 0.1) is 18.7 Å². The molecule has 0 radical (unpaired) electrons. The highest BCUT2D eigenvalue weighted by Crippen LogP contribution is 2.20. The van der Waals surface area contributed by atoms with Gasteiger partial charge in [-0.05, 0) is 18.6 Å². The van der Waals surface area contributed by atoms with Gasteiger partial charge in [-0.1, -0.05) is 11.6 Å². The Morgan fingerprint density at radius 2 is 2.43 bits per heavy atom. The van der Waals surface area contributed by atoms with E-state index in [-0.39, 0.29) is 17.5 Å². The maximum absolute atomic E-state index is 11.1. The average Bonchev–Trinajstić information content (AvgIpc) is 2.13. The smallest absolute Gasteiger partial charge is 0.310 e. The number of nitrogen functional groups attached to an aromatic ring is 1. The van der Waals surface area contributed by atoms with Crippen molar-refractivity contribution in [3.05, 3.63) is 23.0 Å². The predicted molar refractivity (Wildman–Crippen MR) is 54.0 cm³/mol. The minimum atomic E-state index is -0.318. The summed E-state index contributed by atoms with van der Waals surface area (Å²) in [6.45, 7) is 2.11.